The molecular weight excluding hydrogens is 207 g/mol. The summed E-state index contributed by atoms with van der Waals surface area (Å²) >= 11 is 0. The quantitative estimate of drug-likeness (QED) is 0.705. The maximum absolute atomic E-state index is 12.1. The zero-order valence-electron chi connectivity index (χ0n) is 8.22. The van der Waals surface area contributed by atoms with Crippen LogP contribution in [0.5, 0.6) is 0 Å². The Morgan fingerprint density at radius 3 is 2.53 bits per heavy atom. The topological polar surface area (TPSA) is 20.3 Å². The molecule has 0 heterocycles. The summed E-state index contributed by atoms with van der Waals surface area (Å²) in [5.74, 6) is -1.88. The van der Waals surface area contributed by atoms with Gasteiger partial charge in [0.15, 0.2) is 0 Å². The molecule has 1 rings (SSSR count). The Hall–Kier alpha value is -1.52. The SMILES string of the molecule is Cc1cc[c]cc1N(C)C(=O)C(F)(F)F. The lowest BCUT2D eigenvalue weighted by molar-refractivity contribution is -0.170. The van der Waals surface area contributed by atoms with E-state index in [0.29, 0.717) is 10.5 Å². The molecule has 0 saturated heterocycles. The summed E-state index contributed by atoms with van der Waals surface area (Å²) in [4.78, 5) is 11.5. The lowest BCUT2D eigenvalue weighted by atomic mass is 10.2. The van der Waals surface area contributed by atoms with Gasteiger partial charge in [-0.25, -0.2) is 0 Å². The van der Waals surface area contributed by atoms with Gasteiger partial charge in [0.2, 0.25) is 0 Å². The number of alkyl halides is 3. The van der Waals surface area contributed by atoms with Gasteiger partial charge in [-0.1, -0.05) is 12.1 Å². The van der Waals surface area contributed by atoms with Gasteiger partial charge in [-0.2, -0.15) is 13.2 Å². The van der Waals surface area contributed by atoms with E-state index >= 15 is 0 Å². The molecule has 0 aromatic heterocycles. The number of carbonyl (C=O) groups excluding carboxylic acids is 1. The Bertz CT molecular complexity index is 373. The van der Waals surface area contributed by atoms with Gasteiger partial charge >= 0.3 is 12.1 Å². The van der Waals surface area contributed by atoms with E-state index in [9.17, 15) is 18.0 Å². The van der Waals surface area contributed by atoms with Crippen LogP contribution in [0.2, 0.25) is 0 Å². The van der Waals surface area contributed by atoms with Crippen molar-refractivity contribution in [3.8, 4) is 0 Å². The minimum absolute atomic E-state index is 0.208. The van der Waals surface area contributed by atoms with Crippen molar-refractivity contribution in [1.29, 1.82) is 0 Å². The largest absolute Gasteiger partial charge is 0.471 e. The predicted octanol–water partition coefficient (Wildman–Crippen LogP) is 2.32. The van der Waals surface area contributed by atoms with E-state index < -0.39 is 12.1 Å². The molecule has 0 aliphatic carbocycles. The molecule has 1 amide bonds. The molecule has 0 bridgehead atoms. The summed E-state index contributed by atoms with van der Waals surface area (Å²) in [6.07, 6.45) is -4.85. The van der Waals surface area contributed by atoms with Crippen molar-refractivity contribution in [2.75, 3.05) is 11.9 Å². The van der Waals surface area contributed by atoms with Gasteiger partial charge in [0.05, 0.1) is 0 Å². The first-order chi connectivity index (χ1) is 6.84. The van der Waals surface area contributed by atoms with Gasteiger partial charge in [0.25, 0.3) is 0 Å². The van der Waals surface area contributed by atoms with Gasteiger partial charge in [-0.05, 0) is 24.6 Å². The Morgan fingerprint density at radius 1 is 1.47 bits per heavy atom. The molecule has 1 aromatic carbocycles. The number of carbonyl (C=O) groups is 1. The van der Waals surface area contributed by atoms with E-state index in [1.54, 1.807) is 19.1 Å². The Morgan fingerprint density at radius 2 is 2.07 bits per heavy atom. The zero-order chi connectivity index (χ0) is 11.6. The van der Waals surface area contributed by atoms with E-state index in [1.807, 2.05) is 0 Å². The van der Waals surface area contributed by atoms with Crippen LogP contribution in [-0.2, 0) is 4.79 Å². The molecule has 0 atom stereocenters. The van der Waals surface area contributed by atoms with Crippen LogP contribution >= 0.6 is 0 Å². The molecule has 1 radical (unpaired) electrons. The van der Waals surface area contributed by atoms with Crippen LogP contribution in [0, 0.1) is 13.0 Å². The van der Waals surface area contributed by atoms with Crippen LogP contribution in [-0.4, -0.2) is 19.1 Å². The molecule has 0 unspecified atom stereocenters. The highest BCUT2D eigenvalue weighted by Gasteiger charge is 2.41. The van der Waals surface area contributed by atoms with Crippen LogP contribution in [0.3, 0.4) is 0 Å². The first kappa shape index (κ1) is 11.6. The van der Waals surface area contributed by atoms with E-state index in [1.165, 1.54) is 6.07 Å². The fraction of sp³-hybridized carbons (Fsp3) is 0.300. The van der Waals surface area contributed by atoms with Gasteiger partial charge in [0, 0.05) is 12.7 Å². The van der Waals surface area contributed by atoms with E-state index in [0.717, 1.165) is 7.05 Å². The second-order valence-corrected chi connectivity index (χ2v) is 3.07. The number of hydrogen-bond acceptors (Lipinski definition) is 1. The molecule has 0 fully saturated rings. The highest BCUT2D eigenvalue weighted by molar-refractivity contribution is 5.97. The molecule has 2 nitrogen and oxygen atoms in total. The summed E-state index contributed by atoms with van der Waals surface area (Å²) in [6.45, 7) is 1.63. The standard InChI is InChI=1S/C10H9F3NO/c1-7-5-3-4-6-8(7)14(2)9(15)10(11,12)13/h3,5-6H,1-2H3. The fourth-order valence-electron chi connectivity index (χ4n) is 1.16. The van der Waals surface area contributed by atoms with Crippen molar-refractivity contribution in [3.05, 3.63) is 29.8 Å². The van der Waals surface area contributed by atoms with E-state index in [2.05, 4.69) is 6.07 Å². The van der Waals surface area contributed by atoms with Crippen LogP contribution in [0.25, 0.3) is 0 Å². The average Bonchev–Trinajstić information content (AvgIpc) is 2.15. The van der Waals surface area contributed by atoms with Crippen molar-refractivity contribution in [1.82, 2.24) is 0 Å². The fourth-order valence-corrected chi connectivity index (χ4v) is 1.16. The van der Waals surface area contributed by atoms with Gasteiger partial charge in [-0.15, -0.1) is 0 Å². The van der Waals surface area contributed by atoms with Crippen molar-refractivity contribution in [2.45, 2.75) is 13.1 Å². The molecule has 15 heavy (non-hydrogen) atoms. The molecule has 0 aliphatic heterocycles. The second kappa shape index (κ2) is 3.92. The number of hydrogen-bond donors (Lipinski definition) is 0. The molecule has 0 saturated carbocycles. The van der Waals surface area contributed by atoms with Gasteiger partial charge in [-0.3, -0.25) is 4.79 Å². The summed E-state index contributed by atoms with van der Waals surface area (Å²) in [5.41, 5.74) is 0.800. The summed E-state index contributed by atoms with van der Waals surface area (Å²) < 4.78 is 36.3. The maximum atomic E-state index is 12.1. The van der Waals surface area contributed by atoms with E-state index in [-0.39, 0.29) is 5.69 Å². The Balaban J connectivity index is 3.01. The second-order valence-electron chi connectivity index (χ2n) is 3.07. The van der Waals surface area contributed by atoms with Crippen molar-refractivity contribution in [2.24, 2.45) is 0 Å². The Labute approximate surface area is 85.3 Å². The third-order valence-corrected chi connectivity index (χ3v) is 1.96. The van der Waals surface area contributed by atoms with Crippen LogP contribution < -0.4 is 4.90 Å². The monoisotopic (exact) mass is 216 g/mol. The van der Waals surface area contributed by atoms with Crippen molar-refractivity contribution < 1.29 is 18.0 Å². The van der Waals surface area contributed by atoms with Crippen molar-refractivity contribution in [3.63, 3.8) is 0 Å². The molecule has 0 spiro atoms. The number of halogens is 3. The minimum atomic E-state index is -4.85. The first-order valence-corrected chi connectivity index (χ1v) is 4.15. The molecule has 5 heteroatoms. The predicted molar refractivity (Wildman–Crippen MR) is 49.5 cm³/mol. The molecular formula is C10H9F3NO. The number of benzene rings is 1. The zero-order valence-corrected chi connectivity index (χ0v) is 8.22. The van der Waals surface area contributed by atoms with Crippen LogP contribution in [0.4, 0.5) is 18.9 Å². The average molecular weight is 216 g/mol. The normalized spacial score (nSPS) is 11.3. The lowest BCUT2D eigenvalue weighted by Crippen LogP contribution is -2.38. The molecule has 0 N–H and O–H groups in total. The maximum Gasteiger partial charge on any atom is 0.471 e. The Kier molecular flexibility index (Phi) is 3.02. The number of rotatable bonds is 1. The third-order valence-electron chi connectivity index (χ3n) is 1.96. The highest BCUT2D eigenvalue weighted by Crippen LogP contribution is 2.24. The molecule has 1 aromatic rings. The number of anilines is 1. The third kappa shape index (κ3) is 2.49. The smallest absolute Gasteiger partial charge is 0.307 e. The molecule has 0 aliphatic rings. The summed E-state index contributed by atoms with van der Waals surface area (Å²) in [5, 5.41) is 0. The van der Waals surface area contributed by atoms with Gasteiger partial charge in [0.1, 0.15) is 0 Å². The highest BCUT2D eigenvalue weighted by atomic mass is 19.4. The summed E-state index contributed by atoms with van der Waals surface area (Å²) in [7, 11) is 1.09. The van der Waals surface area contributed by atoms with Crippen LogP contribution in [0.1, 0.15) is 5.56 Å². The van der Waals surface area contributed by atoms with Crippen LogP contribution in [0.15, 0.2) is 18.2 Å². The summed E-state index contributed by atoms with van der Waals surface area (Å²) in [6, 6.07) is 7.14. The number of aryl methyl sites for hydroxylation is 1. The molecule has 81 valence electrons. The number of amides is 1. The first-order valence-electron chi connectivity index (χ1n) is 4.15. The number of nitrogens with zero attached hydrogens (tertiary/aromatic N) is 1. The lowest BCUT2D eigenvalue weighted by Gasteiger charge is -2.20. The minimum Gasteiger partial charge on any atom is -0.307 e. The van der Waals surface area contributed by atoms with Gasteiger partial charge < -0.3 is 4.90 Å². The van der Waals surface area contributed by atoms with Crippen molar-refractivity contribution >= 4 is 11.6 Å². The van der Waals surface area contributed by atoms with E-state index in [4.69, 9.17) is 0 Å².